The largest absolute Gasteiger partial charge is 0.305 e. The molecule has 1 amide bonds. The van der Waals surface area contributed by atoms with E-state index in [1.807, 2.05) is 25.1 Å². The second-order valence-electron chi connectivity index (χ2n) is 4.69. The molecule has 0 unspecified atom stereocenters. The van der Waals surface area contributed by atoms with Crippen LogP contribution in [0.25, 0.3) is 0 Å². The Morgan fingerprint density at radius 1 is 1.14 bits per heavy atom. The summed E-state index contributed by atoms with van der Waals surface area (Å²) in [5.41, 5.74) is 1.88. The lowest BCUT2D eigenvalue weighted by Crippen LogP contribution is -2.17. The molecule has 0 atom stereocenters. The Morgan fingerprint density at radius 3 is 2.77 bits per heavy atom. The number of rotatable bonds is 4. The fraction of sp³-hybridized carbons (Fsp3) is 0.133. The van der Waals surface area contributed by atoms with Crippen LogP contribution < -0.4 is 5.32 Å². The van der Waals surface area contributed by atoms with E-state index in [-0.39, 0.29) is 11.6 Å². The number of nitrogens with zero attached hydrogens (tertiary/aromatic N) is 5. The van der Waals surface area contributed by atoms with Gasteiger partial charge in [0.05, 0.1) is 30.3 Å². The van der Waals surface area contributed by atoms with Gasteiger partial charge in [0.15, 0.2) is 0 Å². The third-order valence-corrected chi connectivity index (χ3v) is 3.01. The van der Waals surface area contributed by atoms with E-state index in [2.05, 4.69) is 25.4 Å². The first kappa shape index (κ1) is 13.9. The van der Waals surface area contributed by atoms with E-state index in [1.165, 1.54) is 6.20 Å². The van der Waals surface area contributed by atoms with Crippen LogP contribution >= 0.6 is 0 Å². The summed E-state index contributed by atoms with van der Waals surface area (Å²) in [4.78, 5) is 24.5. The molecule has 0 bridgehead atoms. The maximum Gasteiger partial charge on any atom is 0.277 e. The molecule has 3 aromatic rings. The zero-order valence-corrected chi connectivity index (χ0v) is 12.0. The van der Waals surface area contributed by atoms with Crippen LogP contribution in [-0.4, -0.2) is 30.6 Å². The first-order valence-electron chi connectivity index (χ1n) is 6.74. The fourth-order valence-electron chi connectivity index (χ4n) is 1.90. The lowest BCUT2D eigenvalue weighted by Gasteiger charge is -2.08. The smallest absolute Gasteiger partial charge is 0.277 e. The SMILES string of the molecule is Cc1cnc(C(=O)Nc2ccnn2Cc2ccccn2)cn1. The summed E-state index contributed by atoms with van der Waals surface area (Å²) in [6, 6.07) is 7.39. The molecule has 0 saturated carbocycles. The van der Waals surface area contributed by atoms with Crippen molar-refractivity contribution < 1.29 is 4.79 Å². The molecule has 0 aliphatic heterocycles. The molecule has 0 spiro atoms. The second-order valence-corrected chi connectivity index (χ2v) is 4.69. The maximum atomic E-state index is 12.2. The van der Waals surface area contributed by atoms with Crippen molar-refractivity contribution in [1.82, 2.24) is 24.7 Å². The van der Waals surface area contributed by atoms with Crippen LogP contribution in [0.5, 0.6) is 0 Å². The summed E-state index contributed by atoms with van der Waals surface area (Å²) < 4.78 is 1.67. The number of carbonyl (C=O) groups is 1. The molecule has 3 heterocycles. The molecule has 1 N–H and O–H groups in total. The number of hydrogen-bond acceptors (Lipinski definition) is 5. The summed E-state index contributed by atoms with van der Waals surface area (Å²) >= 11 is 0. The van der Waals surface area contributed by atoms with Crippen LogP contribution in [0.4, 0.5) is 5.82 Å². The van der Waals surface area contributed by atoms with E-state index in [0.29, 0.717) is 12.4 Å². The van der Waals surface area contributed by atoms with Gasteiger partial charge >= 0.3 is 0 Å². The molecule has 7 nitrogen and oxygen atoms in total. The molecule has 0 fully saturated rings. The number of anilines is 1. The molecule has 0 radical (unpaired) electrons. The van der Waals surface area contributed by atoms with Crippen molar-refractivity contribution in [3.63, 3.8) is 0 Å². The van der Waals surface area contributed by atoms with Crippen LogP contribution in [-0.2, 0) is 6.54 Å². The summed E-state index contributed by atoms with van der Waals surface area (Å²) in [5, 5.41) is 6.98. The van der Waals surface area contributed by atoms with Crippen molar-refractivity contribution in [2.24, 2.45) is 0 Å². The summed E-state index contributed by atoms with van der Waals surface area (Å²) in [7, 11) is 0. The van der Waals surface area contributed by atoms with Gasteiger partial charge in [-0.2, -0.15) is 5.10 Å². The van der Waals surface area contributed by atoms with Crippen molar-refractivity contribution >= 4 is 11.7 Å². The highest BCUT2D eigenvalue weighted by atomic mass is 16.2. The number of carbonyl (C=O) groups excluding carboxylic acids is 1. The molecule has 3 aromatic heterocycles. The van der Waals surface area contributed by atoms with Crippen LogP contribution in [0.1, 0.15) is 21.9 Å². The average Bonchev–Trinajstić information content (AvgIpc) is 2.96. The van der Waals surface area contributed by atoms with Crippen LogP contribution in [0.2, 0.25) is 0 Å². The molecule has 0 aliphatic carbocycles. The Hall–Kier alpha value is -3.09. The Morgan fingerprint density at radius 2 is 2.05 bits per heavy atom. The van der Waals surface area contributed by atoms with Crippen molar-refractivity contribution in [2.75, 3.05) is 5.32 Å². The Balaban J connectivity index is 1.75. The first-order valence-corrected chi connectivity index (χ1v) is 6.74. The molecule has 3 rings (SSSR count). The molecule has 22 heavy (non-hydrogen) atoms. The van der Waals surface area contributed by atoms with Crippen LogP contribution in [0.3, 0.4) is 0 Å². The average molecular weight is 294 g/mol. The summed E-state index contributed by atoms with van der Waals surface area (Å²) in [6.45, 7) is 2.29. The number of pyridine rings is 1. The molecule has 0 aliphatic rings. The molecule has 110 valence electrons. The van der Waals surface area contributed by atoms with E-state index >= 15 is 0 Å². The Labute approximate surface area is 127 Å². The highest BCUT2D eigenvalue weighted by molar-refractivity contribution is 6.02. The normalized spacial score (nSPS) is 10.4. The Kier molecular flexibility index (Phi) is 3.86. The minimum absolute atomic E-state index is 0.260. The van der Waals surface area contributed by atoms with E-state index in [9.17, 15) is 4.79 Å². The minimum atomic E-state index is -0.324. The van der Waals surface area contributed by atoms with Gasteiger partial charge in [-0.05, 0) is 19.1 Å². The van der Waals surface area contributed by atoms with Gasteiger partial charge < -0.3 is 5.32 Å². The van der Waals surface area contributed by atoms with Gasteiger partial charge in [0.1, 0.15) is 11.5 Å². The maximum absolute atomic E-state index is 12.2. The van der Waals surface area contributed by atoms with Gasteiger partial charge in [0, 0.05) is 18.5 Å². The van der Waals surface area contributed by atoms with Gasteiger partial charge in [0.2, 0.25) is 0 Å². The van der Waals surface area contributed by atoms with Gasteiger partial charge in [-0.25, -0.2) is 9.67 Å². The van der Waals surface area contributed by atoms with Crippen molar-refractivity contribution in [3.8, 4) is 0 Å². The van der Waals surface area contributed by atoms with E-state index < -0.39 is 0 Å². The van der Waals surface area contributed by atoms with E-state index in [4.69, 9.17) is 0 Å². The fourth-order valence-corrected chi connectivity index (χ4v) is 1.90. The number of hydrogen-bond donors (Lipinski definition) is 1. The minimum Gasteiger partial charge on any atom is -0.305 e. The zero-order chi connectivity index (χ0) is 15.4. The monoisotopic (exact) mass is 294 g/mol. The summed E-state index contributed by atoms with van der Waals surface area (Å²) in [5.74, 6) is 0.258. The third kappa shape index (κ3) is 3.14. The Bertz CT molecular complexity index is 766. The van der Waals surface area contributed by atoms with E-state index in [0.717, 1.165) is 11.4 Å². The lowest BCUT2D eigenvalue weighted by atomic mass is 10.3. The van der Waals surface area contributed by atoms with Gasteiger partial charge in [-0.15, -0.1) is 0 Å². The van der Waals surface area contributed by atoms with E-state index in [1.54, 1.807) is 29.3 Å². The first-order chi connectivity index (χ1) is 10.7. The molecular weight excluding hydrogens is 280 g/mol. The molecular formula is C15H14N6O. The lowest BCUT2D eigenvalue weighted by molar-refractivity contribution is 0.102. The zero-order valence-electron chi connectivity index (χ0n) is 12.0. The number of aryl methyl sites for hydroxylation is 1. The topological polar surface area (TPSA) is 85.6 Å². The predicted octanol–water partition coefficient (Wildman–Crippen LogP) is 1.68. The van der Waals surface area contributed by atoms with Crippen LogP contribution in [0, 0.1) is 6.92 Å². The van der Waals surface area contributed by atoms with Gasteiger partial charge in [0.25, 0.3) is 5.91 Å². The number of amides is 1. The van der Waals surface area contributed by atoms with Crippen molar-refractivity contribution in [1.29, 1.82) is 0 Å². The highest BCUT2D eigenvalue weighted by Gasteiger charge is 2.11. The van der Waals surface area contributed by atoms with Crippen molar-refractivity contribution in [2.45, 2.75) is 13.5 Å². The quantitative estimate of drug-likeness (QED) is 0.791. The van der Waals surface area contributed by atoms with Gasteiger partial charge in [-0.1, -0.05) is 6.07 Å². The summed E-state index contributed by atoms with van der Waals surface area (Å²) in [6.07, 6.45) is 6.35. The number of nitrogens with one attached hydrogen (secondary N) is 1. The second kappa shape index (κ2) is 6.13. The van der Waals surface area contributed by atoms with Crippen molar-refractivity contribution in [3.05, 3.63) is 66.1 Å². The van der Waals surface area contributed by atoms with Crippen LogP contribution in [0.15, 0.2) is 49.1 Å². The van der Waals surface area contributed by atoms with Gasteiger partial charge in [-0.3, -0.25) is 14.8 Å². The highest BCUT2D eigenvalue weighted by Crippen LogP contribution is 2.10. The predicted molar refractivity (Wildman–Crippen MR) is 80.3 cm³/mol. The molecule has 0 saturated heterocycles. The number of aromatic nitrogens is 5. The third-order valence-electron chi connectivity index (χ3n) is 3.01. The molecule has 7 heteroatoms. The standard InChI is InChI=1S/C15H14N6O/c1-11-8-18-13(9-17-11)15(22)20-14-5-7-19-21(14)10-12-4-2-3-6-16-12/h2-9H,10H2,1H3,(H,20,22). The molecule has 0 aromatic carbocycles.